The van der Waals surface area contributed by atoms with Gasteiger partial charge in [0.1, 0.15) is 12.6 Å². The molecule has 0 saturated heterocycles. The van der Waals surface area contributed by atoms with E-state index in [9.17, 15) is 18.0 Å². The lowest BCUT2D eigenvalue weighted by Gasteiger charge is -2.33. The first-order valence-corrected chi connectivity index (χ1v) is 14.6. The quantitative estimate of drug-likeness (QED) is 0.340. The molecule has 0 radical (unpaired) electrons. The van der Waals surface area contributed by atoms with Gasteiger partial charge in [-0.3, -0.25) is 13.9 Å². The summed E-state index contributed by atoms with van der Waals surface area (Å²) in [6, 6.07) is 19.0. The third-order valence-electron chi connectivity index (χ3n) is 5.94. The highest BCUT2D eigenvalue weighted by Crippen LogP contribution is 2.31. The molecular formula is C29H33Cl2N3O4S. The average Bonchev–Trinajstić information content (AvgIpc) is 2.86. The maximum absolute atomic E-state index is 13.9. The molecule has 10 heteroatoms. The number of amides is 2. The fourth-order valence-electron chi connectivity index (χ4n) is 3.84. The molecule has 0 bridgehead atoms. The summed E-state index contributed by atoms with van der Waals surface area (Å²) < 4.78 is 28.7. The van der Waals surface area contributed by atoms with Crippen molar-refractivity contribution in [2.45, 2.75) is 57.6 Å². The normalized spacial score (nSPS) is 12.5. The highest BCUT2D eigenvalue weighted by molar-refractivity contribution is 7.92. The number of sulfonamides is 1. The summed E-state index contributed by atoms with van der Waals surface area (Å²) in [6.07, 6.45) is 0. The van der Waals surface area contributed by atoms with Gasteiger partial charge in [-0.15, -0.1) is 0 Å². The molecule has 0 fully saturated rings. The average molecular weight is 591 g/mol. The van der Waals surface area contributed by atoms with Crippen molar-refractivity contribution >= 4 is 50.7 Å². The molecule has 0 aliphatic rings. The molecule has 0 aliphatic carbocycles. The number of benzene rings is 3. The molecule has 39 heavy (non-hydrogen) atoms. The van der Waals surface area contributed by atoms with Gasteiger partial charge in [-0.2, -0.15) is 0 Å². The predicted molar refractivity (Wildman–Crippen MR) is 157 cm³/mol. The fraction of sp³-hybridized carbons (Fsp3) is 0.310. The summed E-state index contributed by atoms with van der Waals surface area (Å²) in [5.74, 6) is -0.911. The van der Waals surface area contributed by atoms with Crippen LogP contribution >= 0.6 is 23.2 Å². The maximum Gasteiger partial charge on any atom is 0.264 e. The maximum atomic E-state index is 13.9. The monoisotopic (exact) mass is 589 g/mol. The van der Waals surface area contributed by atoms with Gasteiger partial charge in [0, 0.05) is 12.1 Å². The number of carbonyl (C=O) groups excluding carboxylic acids is 2. The molecule has 208 valence electrons. The number of aryl methyl sites for hydroxylation is 1. The second kappa shape index (κ2) is 12.4. The zero-order valence-electron chi connectivity index (χ0n) is 22.6. The van der Waals surface area contributed by atoms with E-state index in [2.05, 4.69) is 5.32 Å². The number of nitrogens with one attached hydrogen (secondary N) is 1. The molecule has 3 rings (SSSR count). The molecule has 0 aliphatic heterocycles. The molecule has 0 saturated carbocycles. The second-order valence-electron chi connectivity index (χ2n) is 10.3. The molecule has 3 aromatic carbocycles. The summed E-state index contributed by atoms with van der Waals surface area (Å²) in [6.45, 7) is 8.57. The van der Waals surface area contributed by atoms with Crippen LogP contribution in [0.2, 0.25) is 10.0 Å². The molecule has 0 heterocycles. The zero-order chi connectivity index (χ0) is 29.0. The first kappa shape index (κ1) is 30.5. The molecule has 0 aromatic heterocycles. The number of rotatable bonds is 9. The molecule has 1 N–H and O–H groups in total. The van der Waals surface area contributed by atoms with E-state index in [1.807, 2.05) is 58.0 Å². The summed E-state index contributed by atoms with van der Waals surface area (Å²) in [4.78, 5) is 28.4. The van der Waals surface area contributed by atoms with Crippen LogP contribution in [0.1, 0.15) is 38.8 Å². The molecule has 2 amide bonds. The van der Waals surface area contributed by atoms with Gasteiger partial charge in [-0.1, -0.05) is 71.2 Å². The number of anilines is 1. The summed E-state index contributed by atoms with van der Waals surface area (Å²) in [7, 11) is -4.19. The third kappa shape index (κ3) is 7.97. The Kier molecular flexibility index (Phi) is 9.69. The van der Waals surface area contributed by atoms with E-state index in [1.165, 1.54) is 35.2 Å². The van der Waals surface area contributed by atoms with Gasteiger partial charge in [0.2, 0.25) is 11.8 Å². The molecule has 0 spiro atoms. The Hall–Kier alpha value is -3.07. The van der Waals surface area contributed by atoms with Crippen LogP contribution in [0.5, 0.6) is 0 Å². The van der Waals surface area contributed by atoms with Gasteiger partial charge in [-0.25, -0.2) is 8.42 Å². The smallest absolute Gasteiger partial charge is 0.264 e. The minimum absolute atomic E-state index is 0.0140. The van der Waals surface area contributed by atoms with Crippen molar-refractivity contribution in [3.8, 4) is 0 Å². The summed E-state index contributed by atoms with van der Waals surface area (Å²) in [5, 5.41) is 3.29. The van der Waals surface area contributed by atoms with Gasteiger partial charge in [0.05, 0.1) is 20.6 Å². The molecule has 0 unspecified atom stereocenters. The highest BCUT2D eigenvalue weighted by Gasteiger charge is 2.33. The number of carbonyl (C=O) groups is 2. The standard InChI is InChI=1S/C29H33Cl2N3O4S/c1-20-11-14-24(15-12-20)39(37,38)34(23-13-16-25(30)26(31)17-23)19-27(35)33(18-22-9-7-6-8-10-22)21(2)28(36)32-29(3,4)5/h6-17,21H,18-19H2,1-5H3,(H,32,36)/t21-/m1/s1. The van der Waals surface area contributed by atoms with Crippen LogP contribution in [0.3, 0.4) is 0 Å². The lowest BCUT2D eigenvalue weighted by atomic mass is 10.1. The van der Waals surface area contributed by atoms with E-state index in [-0.39, 0.29) is 33.1 Å². The van der Waals surface area contributed by atoms with Crippen molar-refractivity contribution in [2.75, 3.05) is 10.8 Å². The van der Waals surface area contributed by atoms with Crippen LogP contribution in [0.25, 0.3) is 0 Å². The number of hydrogen-bond donors (Lipinski definition) is 1. The van der Waals surface area contributed by atoms with E-state index in [4.69, 9.17) is 23.2 Å². The topological polar surface area (TPSA) is 86.8 Å². The van der Waals surface area contributed by atoms with E-state index < -0.39 is 34.1 Å². The van der Waals surface area contributed by atoms with Crippen LogP contribution in [-0.4, -0.2) is 43.3 Å². The van der Waals surface area contributed by atoms with Crippen molar-refractivity contribution in [1.29, 1.82) is 0 Å². The van der Waals surface area contributed by atoms with Crippen molar-refractivity contribution in [3.63, 3.8) is 0 Å². The van der Waals surface area contributed by atoms with E-state index >= 15 is 0 Å². The molecule has 3 aromatic rings. The zero-order valence-corrected chi connectivity index (χ0v) is 24.9. The Morgan fingerprint density at radius 2 is 1.54 bits per heavy atom. The van der Waals surface area contributed by atoms with Gasteiger partial charge in [0.25, 0.3) is 10.0 Å². The van der Waals surface area contributed by atoms with Crippen LogP contribution in [0.4, 0.5) is 5.69 Å². The van der Waals surface area contributed by atoms with Crippen LogP contribution in [-0.2, 0) is 26.2 Å². The Labute approximate surface area is 240 Å². The van der Waals surface area contributed by atoms with Crippen molar-refractivity contribution in [3.05, 3.63) is 94.0 Å². The van der Waals surface area contributed by atoms with Gasteiger partial charge >= 0.3 is 0 Å². The van der Waals surface area contributed by atoms with Gasteiger partial charge < -0.3 is 10.2 Å². The first-order valence-electron chi connectivity index (χ1n) is 12.4. The lowest BCUT2D eigenvalue weighted by molar-refractivity contribution is -0.140. The van der Waals surface area contributed by atoms with Gasteiger partial charge in [0.15, 0.2) is 0 Å². The van der Waals surface area contributed by atoms with Crippen LogP contribution in [0, 0.1) is 6.92 Å². The predicted octanol–water partition coefficient (Wildman–Crippen LogP) is 5.83. The lowest BCUT2D eigenvalue weighted by Crippen LogP contribution is -2.54. The largest absolute Gasteiger partial charge is 0.350 e. The molecule has 1 atom stereocenters. The van der Waals surface area contributed by atoms with E-state index in [0.717, 1.165) is 15.4 Å². The Morgan fingerprint density at radius 1 is 0.923 bits per heavy atom. The van der Waals surface area contributed by atoms with Gasteiger partial charge in [-0.05, 0) is 70.5 Å². The van der Waals surface area contributed by atoms with Crippen molar-refractivity contribution in [2.24, 2.45) is 0 Å². The molecule has 7 nitrogen and oxygen atoms in total. The van der Waals surface area contributed by atoms with Crippen molar-refractivity contribution in [1.82, 2.24) is 10.2 Å². The summed E-state index contributed by atoms with van der Waals surface area (Å²) in [5.41, 5.74) is 1.33. The van der Waals surface area contributed by atoms with Crippen molar-refractivity contribution < 1.29 is 18.0 Å². The second-order valence-corrected chi connectivity index (χ2v) is 13.0. The molecular weight excluding hydrogens is 557 g/mol. The Morgan fingerprint density at radius 3 is 2.10 bits per heavy atom. The van der Waals surface area contributed by atoms with E-state index in [1.54, 1.807) is 19.1 Å². The van der Waals surface area contributed by atoms with E-state index in [0.29, 0.717) is 0 Å². The Balaban J connectivity index is 2.05. The Bertz CT molecular complexity index is 1420. The number of nitrogens with zero attached hydrogens (tertiary/aromatic N) is 2. The number of hydrogen-bond acceptors (Lipinski definition) is 4. The SMILES string of the molecule is Cc1ccc(S(=O)(=O)N(CC(=O)N(Cc2ccccc2)[C@H](C)C(=O)NC(C)(C)C)c2ccc(Cl)c(Cl)c2)cc1. The third-order valence-corrected chi connectivity index (χ3v) is 8.47. The minimum Gasteiger partial charge on any atom is -0.350 e. The summed E-state index contributed by atoms with van der Waals surface area (Å²) >= 11 is 12.3. The number of halogens is 2. The van der Waals surface area contributed by atoms with Crippen LogP contribution in [0.15, 0.2) is 77.7 Å². The van der Waals surface area contributed by atoms with Crippen LogP contribution < -0.4 is 9.62 Å². The minimum atomic E-state index is -4.19. The fourth-order valence-corrected chi connectivity index (χ4v) is 5.54. The highest BCUT2D eigenvalue weighted by atomic mass is 35.5. The first-order chi connectivity index (χ1) is 18.2.